The van der Waals surface area contributed by atoms with Crippen LogP contribution in [0.15, 0.2) is 18.2 Å². The summed E-state index contributed by atoms with van der Waals surface area (Å²) in [4.78, 5) is 2.51. The first-order valence-corrected chi connectivity index (χ1v) is 7.37. The highest BCUT2D eigenvalue weighted by Gasteiger charge is 2.17. The maximum Gasteiger partial charge on any atom is 0.121 e. The Morgan fingerprint density at radius 2 is 2.26 bits per heavy atom. The zero-order valence-corrected chi connectivity index (χ0v) is 12.4. The van der Waals surface area contributed by atoms with Gasteiger partial charge >= 0.3 is 0 Å². The third kappa shape index (κ3) is 3.63. The van der Waals surface area contributed by atoms with Crippen molar-refractivity contribution >= 4 is 5.69 Å². The van der Waals surface area contributed by atoms with Crippen molar-refractivity contribution in [1.82, 2.24) is 5.32 Å². The molecule has 0 saturated carbocycles. The van der Waals surface area contributed by atoms with E-state index in [1.165, 1.54) is 30.5 Å². The summed E-state index contributed by atoms with van der Waals surface area (Å²) in [5, 5.41) is 3.65. The van der Waals surface area contributed by atoms with E-state index < -0.39 is 0 Å². The van der Waals surface area contributed by atoms with Crippen molar-refractivity contribution in [3.05, 3.63) is 23.8 Å². The van der Waals surface area contributed by atoms with Gasteiger partial charge in [0.15, 0.2) is 0 Å². The number of hydrogen-bond acceptors (Lipinski definition) is 3. The van der Waals surface area contributed by atoms with Crippen LogP contribution in [0.3, 0.4) is 0 Å². The van der Waals surface area contributed by atoms with Crippen LogP contribution in [0.5, 0.6) is 5.75 Å². The van der Waals surface area contributed by atoms with Gasteiger partial charge in [-0.1, -0.05) is 13.3 Å². The Balaban J connectivity index is 2.12. The molecule has 1 aliphatic heterocycles. The standard InChI is InChI=1S/C16H26N2O/c1-4-6-14-12-18(10-5-9-17-14)15-7-8-16(19-3)13(2)11-15/h7-8,11,14,17H,4-6,9-10,12H2,1-3H3. The van der Waals surface area contributed by atoms with Crippen molar-refractivity contribution in [2.24, 2.45) is 0 Å². The molecular weight excluding hydrogens is 236 g/mol. The number of aryl methyl sites for hydroxylation is 1. The summed E-state index contributed by atoms with van der Waals surface area (Å²) >= 11 is 0. The maximum atomic E-state index is 5.34. The summed E-state index contributed by atoms with van der Waals surface area (Å²) < 4.78 is 5.34. The second-order valence-electron chi connectivity index (χ2n) is 5.39. The molecule has 1 aromatic rings. The van der Waals surface area contributed by atoms with Crippen LogP contribution in [0.2, 0.25) is 0 Å². The van der Waals surface area contributed by atoms with E-state index in [-0.39, 0.29) is 0 Å². The Labute approximate surface area is 116 Å². The fourth-order valence-electron chi connectivity index (χ4n) is 2.83. The lowest BCUT2D eigenvalue weighted by molar-refractivity contribution is 0.411. The monoisotopic (exact) mass is 262 g/mol. The number of rotatable bonds is 4. The molecule has 0 bridgehead atoms. The Morgan fingerprint density at radius 3 is 2.95 bits per heavy atom. The van der Waals surface area contributed by atoms with Crippen LogP contribution in [0.1, 0.15) is 31.7 Å². The molecule has 0 aliphatic carbocycles. The molecule has 1 aromatic carbocycles. The summed E-state index contributed by atoms with van der Waals surface area (Å²) in [5.41, 5.74) is 2.53. The number of benzene rings is 1. The highest BCUT2D eigenvalue weighted by Crippen LogP contribution is 2.25. The van der Waals surface area contributed by atoms with Gasteiger partial charge in [0.25, 0.3) is 0 Å². The van der Waals surface area contributed by atoms with Crippen molar-refractivity contribution in [1.29, 1.82) is 0 Å². The van der Waals surface area contributed by atoms with Gasteiger partial charge in [0.1, 0.15) is 5.75 Å². The van der Waals surface area contributed by atoms with Crippen LogP contribution < -0.4 is 15.0 Å². The van der Waals surface area contributed by atoms with Gasteiger partial charge in [0.2, 0.25) is 0 Å². The van der Waals surface area contributed by atoms with Gasteiger partial charge < -0.3 is 15.0 Å². The minimum absolute atomic E-state index is 0.620. The lowest BCUT2D eigenvalue weighted by Crippen LogP contribution is -2.37. The largest absolute Gasteiger partial charge is 0.496 e. The second-order valence-corrected chi connectivity index (χ2v) is 5.39. The van der Waals surface area contributed by atoms with Crippen LogP contribution in [0.25, 0.3) is 0 Å². The predicted molar refractivity (Wildman–Crippen MR) is 81.3 cm³/mol. The van der Waals surface area contributed by atoms with Crippen molar-refractivity contribution < 1.29 is 4.74 Å². The van der Waals surface area contributed by atoms with Crippen LogP contribution in [0.4, 0.5) is 5.69 Å². The van der Waals surface area contributed by atoms with Gasteiger partial charge in [0.05, 0.1) is 7.11 Å². The average Bonchev–Trinajstić information content (AvgIpc) is 2.65. The van der Waals surface area contributed by atoms with Gasteiger partial charge in [-0.05, 0) is 50.1 Å². The Kier molecular flexibility index (Phi) is 5.08. The summed E-state index contributed by atoms with van der Waals surface area (Å²) in [6.07, 6.45) is 3.71. The molecule has 1 heterocycles. The first kappa shape index (κ1) is 14.2. The molecule has 0 spiro atoms. The molecule has 1 N–H and O–H groups in total. The SMILES string of the molecule is CCCC1CN(c2ccc(OC)c(C)c2)CCCN1. The Hall–Kier alpha value is -1.22. The Morgan fingerprint density at radius 1 is 1.42 bits per heavy atom. The minimum Gasteiger partial charge on any atom is -0.496 e. The number of nitrogens with zero attached hydrogens (tertiary/aromatic N) is 1. The second kappa shape index (κ2) is 6.80. The van der Waals surface area contributed by atoms with Gasteiger partial charge in [-0.3, -0.25) is 0 Å². The van der Waals surface area contributed by atoms with E-state index in [0.717, 1.165) is 25.4 Å². The first-order valence-electron chi connectivity index (χ1n) is 7.37. The summed E-state index contributed by atoms with van der Waals surface area (Å²) in [7, 11) is 1.73. The van der Waals surface area contributed by atoms with Crippen molar-refractivity contribution in [3.63, 3.8) is 0 Å². The highest BCUT2D eigenvalue weighted by atomic mass is 16.5. The lowest BCUT2D eigenvalue weighted by atomic mass is 10.1. The summed E-state index contributed by atoms with van der Waals surface area (Å²) in [6.45, 7) is 7.76. The van der Waals surface area contributed by atoms with E-state index in [4.69, 9.17) is 4.74 Å². The van der Waals surface area contributed by atoms with E-state index in [9.17, 15) is 0 Å². The molecule has 106 valence electrons. The number of hydrogen-bond donors (Lipinski definition) is 1. The zero-order valence-electron chi connectivity index (χ0n) is 12.4. The van der Waals surface area contributed by atoms with Crippen molar-refractivity contribution in [2.45, 2.75) is 39.2 Å². The quantitative estimate of drug-likeness (QED) is 0.903. The predicted octanol–water partition coefficient (Wildman–Crippen LogP) is 2.97. The first-order chi connectivity index (χ1) is 9.24. The van der Waals surface area contributed by atoms with Gasteiger partial charge in [-0.2, -0.15) is 0 Å². The third-order valence-electron chi connectivity index (χ3n) is 3.86. The molecule has 2 rings (SSSR count). The summed E-state index contributed by atoms with van der Waals surface area (Å²) in [6, 6.07) is 7.13. The highest BCUT2D eigenvalue weighted by molar-refractivity contribution is 5.53. The van der Waals surface area contributed by atoms with E-state index in [0.29, 0.717) is 6.04 Å². The molecule has 19 heavy (non-hydrogen) atoms. The molecule has 3 nitrogen and oxygen atoms in total. The van der Waals surface area contributed by atoms with Gasteiger partial charge in [-0.25, -0.2) is 0 Å². The molecule has 0 amide bonds. The van der Waals surface area contributed by atoms with E-state index in [1.807, 2.05) is 0 Å². The lowest BCUT2D eigenvalue weighted by Gasteiger charge is -2.27. The van der Waals surface area contributed by atoms with E-state index >= 15 is 0 Å². The van der Waals surface area contributed by atoms with Gasteiger partial charge in [-0.15, -0.1) is 0 Å². The normalized spacial score (nSPS) is 20.2. The summed E-state index contributed by atoms with van der Waals surface area (Å²) in [5.74, 6) is 0.974. The molecule has 1 atom stereocenters. The third-order valence-corrected chi connectivity index (χ3v) is 3.86. The molecule has 0 aromatic heterocycles. The van der Waals surface area contributed by atoms with Crippen LogP contribution in [-0.2, 0) is 0 Å². The fourth-order valence-corrected chi connectivity index (χ4v) is 2.83. The van der Waals surface area contributed by atoms with Crippen LogP contribution >= 0.6 is 0 Å². The molecule has 1 aliphatic rings. The van der Waals surface area contributed by atoms with Crippen LogP contribution in [0, 0.1) is 6.92 Å². The minimum atomic E-state index is 0.620. The van der Waals surface area contributed by atoms with Crippen LogP contribution in [-0.4, -0.2) is 32.8 Å². The van der Waals surface area contributed by atoms with Crippen molar-refractivity contribution in [2.75, 3.05) is 31.6 Å². The van der Waals surface area contributed by atoms with E-state index in [2.05, 4.69) is 42.3 Å². The molecule has 1 saturated heterocycles. The topological polar surface area (TPSA) is 24.5 Å². The number of anilines is 1. The maximum absolute atomic E-state index is 5.34. The number of ether oxygens (including phenoxy) is 1. The molecule has 3 heteroatoms. The number of nitrogens with one attached hydrogen (secondary N) is 1. The Bertz CT molecular complexity index is 406. The van der Waals surface area contributed by atoms with Gasteiger partial charge in [0, 0.05) is 24.8 Å². The smallest absolute Gasteiger partial charge is 0.121 e. The molecule has 0 radical (unpaired) electrons. The zero-order chi connectivity index (χ0) is 13.7. The average molecular weight is 262 g/mol. The number of methoxy groups -OCH3 is 1. The fraction of sp³-hybridized carbons (Fsp3) is 0.625. The van der Waals surface area contributed by atoms with Crippen molar-refractivity contribution in [3.8, 4) is 5.75 Å². The molecule has 1 unspecified atom stereocenters. The van der Waals surface area contributed by atoms with E-state index in [1.54, 1.807) is 7.11 Å². The molecule has 1 fully saturated rings. The molecular formula is C16H26N2O.